The highest BCUT2D eigenvalue weighted by molar-refractivity contribution is 5.93. The highest BCUT2D eigenvalue weighted by Crippen LogP contribution is 1.98. The van der Waals surface area contributed by atoms with E-state index in [-0.39, 0.29) is 24.7 Å². The van der Waals surface area contributed by atoms with Gasteiger partial charge in [0.05, 0.1) is 5.56 Å². The molecule has 0 saturated heterocycles. The molecule has 2 rings (SSSR count). The van der Waals surface area contributed by atoms with E-state index >= 15 is 0 Å². The van der Waals surface area contributed by atoms with E-state index in [2.05, 4.69) is 15.3 Å². The highest BCUT2D eigenvalue weighted by Gasteiger charge is 2.05. The fraction of sp³-hybridized carbons (Fsp3) is 0.154. The molecular formula is C13H11N5O3. The number of amides is 1. The Balaban J connectivity index is 1.93. The first-order chi connectivity index (χ1) is 10.1. The zero-order chi connectivity index (χ0) is 15.2. The summed E-state index contributed by atoms with van der Waals surface area (Å²) in [7, 11) is 0. The van der Waals surface area contributed by atoms with Crippen LogP contribution in [0.3, 0.4) is 0 Å². The molecule has 0 aliphatic rings. The van der Waals surface area contributed by atoms with E-state index in [0.717, 1.165) is 0 Å². The quantitative estimate of drug-likeness (QED) is 0.764. The van der Waals surface area contributed by atoms with Gasteiger partial charge in [0.25, 0.3) is 11.5 Å². The van der Waals surface area contributed by atoms with Crippen LogP contribution in [0.4, 0.5) is 0 Å². The SMILES string of the molecule is N#Cc1ccc(C(=O)NCCn2ccc(=O)[nH]c2=O)cn1. The number of aromatic amines is 1. The molecule has 0 aliphatic heterocycles. The zero-order valence-corrected chi connectivity index (χ0v) is 10.9. The summed E-state index contributed by atoms with van der Waals surface area (Å²) in [6.45, 7) is 0.440. The Morgan fingerprint density at radius 2 is 2.19 bits per heavy atom. The number of hydrogen-bond acceptors (Lipinski definition) is 5. The van der Waals surface area contributed by atoms with E-state index in [9.17, 15) is 14.4 Å². The highest BCUT2D eigenvalue weighted by atomic mass is 16.2. The van der Waals surface area contributed by atoms with Crippen LogP contribution in [0.5, 0.6) is 0 Å². The van der Waals surface area contributed by atoms with Gasteiger partial charge in [-0.2, -0.15) is 5.26 Å². The Hall–Kier alpha value is -3.21. The van der Waals surface area contributed by atoms with Crippen LogP contribution in [-0.2, 0) is 6.54 Å². The predicted molar refractivity (Wildman–Crippen MR) is 72.6 cm³/mol. The number of H-pyrrole nitrogens is 1. The molecular weight excluding hydrogens is 274 g/mol. The molecule has 8 heteroatoms. The number of carbonyl (C=O) groups is 1. The summed E-state index contributed by atoms with van der Waals surface area (Å²) in [5, 5.41) is 11.2. The van der Waals surface area contributed by atoms with E-state index in [0.29, 0.717) is 5.56 Å². The number of nitrogens with zero attached hydrogens (tertiary/aromatic N) is 3. The van der Waals surface area contributed by atoms with Crippen molar-refractivity contribution in [3.05, 3.63) is 62.7 Å². The Kier molecular flexibility index (Phi) is 4.26. The monoisotopic (exact) mass is 285 g/mol. The molecule has 2 heterocycles. The fourth-order valence-electron chi connectivity index (χ4n) is 1.61. The Bertz CT molecular complexity index is 798. The van der Waals surface area contributed by atoms with Gasteiger partial charge in [-0.15, -0.1) is 0 Å². The summed E-state index contributed by atoms with van der Waals surface area (Å²) in [6.07, 6.45) is 2.66. The van der Waals surface area contributed by atoms with Gasteiger partial charge in [0.1, 0.15) is 11.8 Å². The molecule has 0 radical (unpaired) electrons. The Morgan fingerprint density at radius 3 is 2.81 bits per heavy atom. The Labute approximate surface area is 118 Å². The second-order valence-corrected chi connectivity index (χ2v) is 4.10. The first kappa shape index (κ1) is 14.2. The normalized spacial score (nSPS) is 9.86. The largest absolute Gasteiger partial charge is 0.350 e. The first-order valence-electron chi connectivity index (χ1n) is 6.04. The van der Waals surface area contributed by atoms with Crippen LogP contribution < -0.4 is 16.6 Å². The lowest BCUT2D eigenvalue weighted by Gasteiger charge is -2.06. The number of pyridine rings is 1. The third-order valence-corrected chi connectivity index (χ3v) is 2.68. The smallest absolute Gasteiger partial charge is 0.328 e. The van der Waals surface area contributed by atoms with Crippen molar-refractivity contribution in [3.63, 3.8) is 0 Å². The standard InChI is InChI=1S/C13H11N5O3/c14-7-10-2-1-9(8-16-10)12(20)15-4-6-18-5-3-11(19)17-13(18)21/h1-3,5,8H,4,6H2,(H,15,20)(H,17,19,21). The molecule has 0 aromatic carbocycles. The molecule has 2 N–H and O–H groups in total. The van der Waals surface area contributed by atoms with Crippen molar-refractivity contribution in [1.29, 1.82) is 5.26 Å². The van der Waals surface area contributed by atoms with Gasteiger partial charge in [-0.05, 0) is 12.1 Å². The number of rotatable bonds is 4. The van der Waals surface area contributed by atoms with Crippen LogP contribution >= 0.6 is 0 Å². The van der Waals surface area contributed by atoms with Crippen molar-refractivity contribution < 1.29 is 4.79 Å². The maximum absolute atomic E-state index is 11.8. The van der Waals surface area contributed by atoms with Gasteiger partial charge in [0.2, 0.25) is 0 Å². The van der Waals surface area contributed by atoms with Crippen molar-refractivity contribution in [3.8, 4) is 6.07 Å². The average Bonchev–Trinajstić information content (AvgIpc) is 2.49. The lowest BCUT2D eigenvalue weighted by Crippen LogP contribution is -2.33. The summed E-state index contributed by atoms with van der Waals surface area (Å²) in [5.74, 6) is -0.357. The molecule has 0 unspecified atom stereocenters. The van der Waals surface area contributed by atoms with Crippen molar-refractivity contribution >= 4 is 5.91 Å². The number of hydrogen-bond donors (Lipinski definition) is 2. The second-order valence-electron chi connectivity index (χ2n) is 4.10. The maximum Gasteiger partial charge on any atom is 0.328 e. The van der Waals surface area contributed by atoms with Gasteiger partial charge in [-0.25, -0.2) is 9.78 Å². The lowest BCUT2D eigenvalue weighted by molar-refractivity contribution is 0.0951. The first-order valence-corrected chi connectivity index (χ1v) is 6.04. The number of nitriles is 1. The van der Waals surface area contributed by atoms with Crippen molar-refractivity contribution in [2.24, 2.45) is 0 Å². The van der Waals surface area contributed by atoms with Gasteiger partial charge in [-0.3, -0.25) is 19.1 Å². The van der Waals surface area contributed by atoms with Crippen LogP contribution in [0.15, 0.2) is 40.2 Å². The minimum absolute atomic E-state index is 0.213. The van der Waals surface area contributed by atoms with Crippen LogP contribution in [0.25, 0.3) is 0 Å². The summed E-state index contributed by atoms with van der Waals surface area (Å²) in [5.41, 5.74) is -0.449. The third-order valence-electron chi connectivity index (χ3n) is 2.68. The molecule has 8 nitrogen and oxygen atoms in total. The molecule has 0 spiro atoms. The molecule has 106 valence electrons. The number of carbonyl (C=O) groups excluding carboxylic acids is 1. The molecule has 2 aromatic rings. The molecule has 1 amide bonds. The summed E-state index contributed by atoms with van der Waals surface area (Å²) >= 11 is 0. The van der Waals surface area contributed by atoms with E-state index < -0.39 is 11.2 Å². The molecule has 0 aliphatic carbocycles. The minimum Gasteiger partial charge on any atom is -0.350 e. The van der Waals surface area contributed by atoms with Crippen LogP contribution in [0.2, 0.25) is 0 Å². The molecule has 21 heavy (non-hydrogen) atoms. The van der Waals surface area contributed by atoms with Crippen molar-refractivity contribution in [1.82, 2.24) is 19.9 Å². The summed E-state index contributed by atoms with van der Waals surface area (Å²) in [6, 6.07) is 6.03. The van der Waals surface area contributed by atoms with Crippen LogP contribution in [0.1, 0.15) is 16.1 Å². The summed E-state index contributed by atoms with van der Waals surface area (Å²) in [4.78, 5) is 40.0. The maximum atomic E-state index is 11.8. The topological polar surface area (TPSA) is 121 Å². The number of nitrogens with one attached hydrogen (secondary N) is 2. The van der Waals surface area contributed by atoms with Gasteiger partial charge in [0, 0.05) is 31.5 Å². The fourth-order valence-corrected chi connectivity index (χ4v) is 1.61. The number of aromatic nitrogens is 3. The van der Waals surface area contributed by atoms with Crippen molar-refractivity contribution in [2.45, 2.75) is 6.54 Å². The lowest BCUT2D eigenvalue weighted by atomic mass is 10.2. The minimum atomic E-state index is -0.531. The molecule has 0 fully saturated rings. The zero-order valence-electron chi connectivity index (χ0n) is 10.9. The predicted octanol–water partition coefficient (Wildman–Crippen LogP) is -0.767. The van der Waals surface area contributed by atoms with E-state index in [1.165, 1.54) is 35.2 Å². The van der Waals surface area contributed by atoms with E-state index in [4.69, 9.17) is 5.26 Å². The van der Waals surface area contributed by atoms with Crippen LogP contribution in [0, 0.1) is 11.3 Å². The second kappa shape index (κ2) is 6.29. The van der Waals surface area contributed by atoms with Gasteiger partial charge < -0.3 is 5.32 Å². The Morgan fingerprint density at radius 1 is 1.38 bits per heavy atom. The van der Waals surface area contributed by atoms with Crippen molar-refractivity contribution in [2.75, 3.05) is 6.54 Å². The van der Waals surface area contributed by atoms with E-state index in [1.807, 2.05) is 6.07 Å². The van der Waals surface area contributed by atoms with Gasteiger partial charge >= 0.3 is 5.69 Å². The summed E-state index contributed by atoms with van der Waals surface area (Å²) < 4.78 is 1.28. The average molecular weight is 285 g/mol. The van der Waals surface area contributed by atoms with Gasteiger partial charge in [-0.1, -0.05) is 0 Å². The molecule has 0 saturated carbocycles. The van der Waals surface area contributed by atoms with E-state index in [1.54, 1.807) is 0 Å². The van der Waals surface area contributed by atoms with Gasteiger partial charge in [0.15, 0.2) is 0 Å². The van der Waals surface area contributed by atoms with Crippen LogP contribution in [-0.4, -0.2) is 27.0 Å². The molecule has 2 aromatic heterocycles. The molecule has 0 bridgehead atoms. The molecule has 0 atom stereocenters. The third kappa shape index (κ3) is 3.63.